The summed E-state index contributed by atoms with van der Waals surface area (Å²) < 4.78 is 4.57. The summed E-state index contributed by atoms with van der Waals surface area (Å²) >= 11 is 0. The van der Waals surface area contributed by atoms with E-state index in [1.807, 2.05) is 6.92 Å². The molecule has 0 bridgehead atoms. The standard InChI is InChI=1S/C8H15NO2/c1-4-7(5-6(2)9)8(10)11-3/h5,7H,4,9H2,1-3H3. The lowest BCUT2D eigenvalue weighted by Crippen LogP contribution is -2.14. The summed E-state index contributed by atoms with van der Waals surface area (Å²) in [6, 6.07) is 0. The van der Waals surface area contributed by atoms with Crippen molar-refractivity contribution in [1.29, 1.82) is 0 Å². The highest BCUT2D eigenvalue weighted by Crippen LogP contribution is 2.07. The molecule has 1 atom stereocenters. The molecule has 0 heterocycles. The fraction of sp³-hybridized carbons (Fsp3) is 0.625. The molecule has 0 aromatic heterocycles. The fourth-order valence-corrected chi connectivity index (χ4v) is 0.821. The van der Waals surface area contributed by atoms with Gasteiger partial charge in [0.2, 0.25) is 0 Å². The quantitative estimate of drug-likeness (QED) is 0.623. The van der Waals surface area contributed by atoms with Gasteiger partial charge >= 0.3 is 5.97 Å². The van der Waals surface area contributed by atoms with Crippen LogP contribution in [-0.4, -0.2) is 13.1 Å². The normalized spacial score (nSPS) is 14.3. The van der Waals surface area contributed by atoms with Gasteiger partial charge in [0.1, 0.15) is 0 Å². The molecule has 64 valence electrons. The smallest absolute Gasteiger partial charge is 0.312 e. The van der Waals surface area contributed by atoms with Gasteiger partial charge in [-0.2, -0.15) is 0 Å². The number of rotatable bonds is 3. The maximum absolute atomic E-state index is 11.0. The second kappa shape index (κ2) is 4.77. The van der Waals surface area contributed by atoms with Crippen molar-refractivity contribution in [2.75, 3.05) is 7.11 Å². The molecule has 2 N–H and O–H groups in total. The van der Waals surface area contributed by atoms with Crippen LogP contribution in [0.3, 0.4) is 0 Å². The summed E-state index contributed by atoms with van der Waals surface area (Å²) in [6.07, 6.45) is 2.44. The number of hydrogen-bond donors (Lipinski definition) is 1. The highest BCUT2D eigenvalue weighted by Gasteiger charge is 2.12. The van der Waals surface area contributed by atoms with E-state index in [-0.39, 0.29) is 11.9 Å². The van der Waals surface area contributed by atoms with Crippen molar-refractivity contribution < 1.29 is 9.53 Å². The van der Waals surface area contributed by atoms with E-state index >= 15 is 0 Å². The number of carbonyl (C=O) groups excluding carboxylic acids is 1. The van der Waals surface area contributed by atoms with Crippen molar-refractivity contribution in [3.8, 4) is 0 Å². The molecule has 0 aromatic carbocycles. The predicted octanol–water partition coefficient (Wildman–Crippen LogP) is 1.05. The third-order valence-corrected chi connectivity index (χ3v) is 1.41. The Morgan fingerprint density at radius 1 is 1.73 bits per heavy atom. The number of carbonyl (C=O) groups is 1. The molecule has 0 radical (unpaired) electrons. The number of nitrogens with two attached hydrogens (primary N) is 1. The zero-order valence-electron chi connectivity index (χ0n) is 7.26. The van der Waals surface area contributed by atoms with E-state index in [4.69, 9.17) is 5.73 Å². The van der Waals surface area contributed by atoms with Gasteiger partial charge < -0.3 is 10.5 Å². The summed E-state index contributed by atoms with van der Waals surface area (Å²) in [5.74, 6) is -0.415. The van der Waals surface area contributed by atoms with Crippen molar-refractivity contribution in [1.82, 2.24) is 0 Å². The molecular weight excluding hydrogens is 142 g/mol. The maximum Gasteiger partial charge on any atom is 0.312 e. The number of esters is 1. The molecule has 11 heavy (non-hydrogen) atoms. The van der Waals surface area contributed by atoms with Gasteiger partial charge in [-0.15, -0.1) is 0 Å². The van der Waals surface area contributed by atoms with Gasteiger partial charge in [0.15, 0.2) is 0 Å². The summed E-state index contributed by atoms with van der Waals surface area (Å²) in [5.41, 5.74) is 6.07. The molecule has 0 aliphatic heterocycles. The topological polar surface area (TPSA) is 52.3 Å². The molecule has 0 aromatic rings. The minimum atomic E-state index is -0.225. The molecule has 0 aliphatic rings. The molecule has 0 saturated carbocycles. The van der Waals surface area contributed by atoms with Gasteiger partial charge in [-0.3, -0.25) is 4.79 Å². The Morgan fingerprint density at radius 3 is 2.55 bits per heavy atom. The van der Waals surface area contributed by atoms with Crippen LogP contribution in [0.25, 0.3) is 0 Å². The first-order chi connectivity index (χ1) is 5.11. The summed E-state index contributed by atoms with van der Waals surface area (Å²) in [7, 11) is 1.38. The van der Waals surface area contributed by atoms with E-state index in [0.717, 1.165) is 6.42 Å². The summed E-state index contributed by atoms with van der Waals surface area (Å²) in [4.78, 5) is 11.0. The van der Waals surface area contributed by atoms with Gasteiger partial charge in [-0.05, 0) is 13.3 Å². The third kappa shape index (κ3) is 3.65. The van der Waals surface area contributed by atoms with Gasteiger partial charge in [0.25, 0.3) is 0 Å². The molecule has 0 aliphatic carbocycles. The zero-order valence-corrected chi connectivity index (χ0v) is 7.26. The van der Waals surface area contributed by atoms with Crippen LogP contribution >= 0.6 is 0 Å². The Kier molecular flexibility index (Phi) is 4.34. The van der Waals surface area contributed by atoms with E-state index in [1.165, 1.54) is 7.11 Å². The lowest BCUT2D eigenvalue weighted by atomic mass is 10.1. The van der Waals surface area contributed by atoms with E-state index in [9.17, 15) is 4.79 Å². The second-order valence-electron chi connectivity index (χ2n) is 2.45. The third-order valence-electron chi connectivity index (χ3n) is 1.41. The molecule has 0 amide bonds. The monoisotopic (exact) mass is 157 g/mol. The molecule has 0 fully saturated rings. The largest absolute Gasteiger partial charge is 0.469 e. The molecule has 3 nitrogen and oxygen atoms in total. The molecule has 3 heteroatoms. The van der Waals surface area contributed by atoms with E-state index in [1.54, 1.807) is 13.0 Å². The first-order valence-corrected chi connectivity index (χ1v) is 3.63. The van der Waals surface area contributed by atoms with Crippen LogP contribution in [0, 0.1) is 5.92 Å². The van der Waals surface area contributed by atoms with Crippen LogP contribution in [-0.2, 0) is 9.53 Å². The van der Waals surface area contributed by atoms with Crippen molar-refractivity contribution in [3.63, 3.8) is 0 Å². The van der Waals surface area contributed by atoms with Crippen LogP contribution in [0.2, 0.25) is 0 Å². The number of methoxy groups -OCH3 is 1. The lowest BCUT2D eigenvalue weighted by molar-refractivity contribution is -0.143. The Morgan fingerprint density at radius 2 is 2.27 bits per heavy atom. The molecular formula is C8H15NO2. The van der Waals surface area contributed by atoms with Crippen LogP contribution in [0.4, 0.5) is 0 Å². The Hall–Kier alpha value is -0.990. The SMILES string of the molecule is CCC(C=C(C)N)C(=O)OC. The van der Waals surface area contributed by atoms with Crippen molar-refractivity contribution in [2.24, 2.45) is 11.7 Å². The van der Waals surface area contributed by atoms with Gasteiger partial charge in [-0.1, -0.05) is 13.0 Å². The fourth-order valence-electron chi connectivity index (χ4n) is 0.821. The summed E-state index contributed by atoms with van der Waals surface area (Å²) in [6.45, 7) is 3.67. The molecule has 1 unspecified atom stereocenters. The first-order valence-electron chi connectivity index (χ1n) is 3.63. The van der Waals surface area contributed by atoms with Crippen LogP contribution in [0.5, 0.6) is 0 Å². The van der Waals surface area contributed by atoms with Crippen molar-refractivity contribution in [2.45, 2.75) is 20.3 Å². The van der Waals surface area contributed by atoms with Crippen LogP contribution in [0.15, 0.2) is 11.8 Å². The highest BCUT2D eigenvalue weighted by molar-refractivity contribution is 5.74. The van der Waals surface area contributed by atoms with Gasteiger partial charge in [0.05, 0.1) is 13.0 Å². The van der Waals surface area contributed by atoms with Crippen LogP contribution < -0.4 is 5.73 Å². The lowest BCUT2D eigenvalue weighted by Gasteiger charge is -2.06. The number of allylic oxidation sites excluding steroid dienone is 1. The van der Waals surface area contributed by atoms with E-state index < -0.39 is 0 Å². The minimum Gasteiger partial charge on any atom is -0.469 e. The van der Waals surface area contributed by atoms with E-state index in [0.29, 0.717) is 5.70 Å². The number of ether oxygens (including phenoxy) is 1. The van der Waals surface area contributed by atoms with Gasteiger partial charge in [-0.25, -0.2) is 0 Å². The zero-order chi connectivity index (χ0) is 8.85. The van der Waals surface area contributed by atoms with Crippen molar-refractivity contribution >= 4 is 5.97 Å². The second-order valence-corrected chi connectivity index (χ2v) is 2.45. The first kappa shape index (κ1) is 10.0. The summed E-state index contributed by atoms with van der Waals surface area (Å²) in [5, 5.41) is 0. The molecule has 0 spiro atoms. The predicted molar refractivity (Wildman–Crippen MR) is 43.7 cm³/mol. The Bertz CT molecular complexity index is 159. The highest BCUT2D eigenvalue weighted by atomic mass is 16.5. The van der Waals surface area contributed by atoms with Crippen molar-refractivity contribution in [3.05, 3.63) is 11.8 Å². The van der Waals surface area contributed by atoms with Gasteiger partial charge in [0, 0.05) is 5.70 Å². The molecule has 0 saturated heterocycles. The average Bonchev–Trinajstić information content (AvgIpc) is 1.98. The Labute approximate surface area is 67.2 Å². The number of hydrogen-bond acceptors (Lipinski definition) is 3. The molecule has 0 rings (SSSR count). The maximum atomic E-state index is 11.0. The Balaban J connectivity index is 4.17. The van der Waals surface area contributed by atoms with E-state index in [2.05, 4.69) is 4.74 Å². The van der Waals surface area contributed by atoms with Crippen LogP contribution in [0.1, 0.15) is 20.3 Å². The average molecular weight is 157 g/mol. The minimum absolute atomic E-state index is 0.190.